The van der Waals surface area contributed by atoms with Crippen LogP contribution in [0.2, 0.25) is 5.15 Å². The first-order valence-electron chi connectivity index (χ1n) is 5.41. The fourth-order valence-electron chi connectivity index (χ4n) is 1.71. The molecule has 0 radical (unpaired) electrons. The molecule has 3 heterocycles. The lowest BCUT2D eigenvalue weighted by molar-refractivity contribution is 1.10. The zero-order valence-corrected chi connectivity index (χ0v) is 10.1. The van der Waals surface area contributed by atoms with Crippen molar-refractivity contribution < 1.29 is 0 Å². The van der Waals surface area contributed by atoms with Crippen molar-refractivity contribution in [3.05, 3.63) is 54.1 Å². The average Bonchev–Trinajstić information content (AvgIpc) is 2.89. The van der Waals surface area contributed by atoms with Crippen molar-refractivity contribution in [2.45, 2.75) is 0 Å². The predicted octanol–water partition coefficient (Wildman–Crippen LogP) is 3.19. The fraction of sp³-hybridized carbons (Fsp3) is 0. The van der Waals surface area contributed by atoms with Gasteiger partial charge in [-0.3, -0.25) is 10.1 Å². The third-order valence-electron chi connectivity index (χ3n) is 2.59. The summed E-state index contributed by atoms with van der Waals surface area (Å²) in [6.07, 6.45) is 5.16. The zero-order chi connectivity index (χ0) is 12.4. The van der Waals surface area contributed by atoms with E-state index < -0.39 is 0 Å². The van der Waals surface area contributed by atoms with E-state index in [-0.39, 0.29) is 0 Å². The molecule has 0 aliphatic rings. The van der Waals surface area contributed by atoms with Gasteiger partial charge in [0.2, 0.25) is 0 Å². The lowest BCUT2D eigenvalue weighted by Crippen LogP contribution is -1.79. The highest BCUT2D eigenvalue weighted by Gasteiger charge is 2.06. The first kappa shape index (κ1) is 10.9. The molecule has 88 valence electrons. The molecule has 3 rings (SSSR count). The van der Waals surface area contributed by atoms with Crippen LogP contribution < -0.4 is 0 Å². The second kappa shape index (κ2) is 4.58. The second-order valence-corrected chi connectivity index (χ2v) is 4.16. The third-order valence-corrected chi connectivity index (χ3v) is 2.80. The quantitative estimate of drug-likeness (QED) is 0.717. The van der Waals surface area contributed by atoms with E-state index in [4.69, 9.17) is 11.6 Å². The molecule has 0 fully saturated rings. The molecule has 0 aliphatic carbocycles. The van der Waals surface area contributed by atoms with Crippen molar-refractivity contribution in [2.75, 3.05) is 0 Å². The Morgan fingerprint density at radius 2 is 1.72 bits per heavy atom. The van der Waals surface area contributed by atoms with Gasteiger partial charge in [-0.2, -0.15) is 5.10 Å². The molecule has 3 aromatic rings. The van der Waals surface area contributed by atoms with Crippen molar-refractivity contribution in [2.24, 2.45) is 0 Å². The minimum atomic E-state index is 0.459. The number of aromatic amines is 1. The van der Waals surface area contributed by atoms with Crippen LogP contribution >= 0.6 is 11.6 Å². The summed E-state index contributed by atoms with van der Waals surface area (Å²) in [5.41, 5.74) is 3.77. The van der Waals surface area contributed by atoms with Gasteiger partial charge in [-0.25, -0.2) is 4.98 Å². The molecule has 18 heavy (non-hydrogen) atoms. The van der Waals surface area contributed by atoms with Gasteiger partial charge in [-0.1, -0.05) is 11.6 Å². The zero-order valence-electron chi connectivity index (χ0n) is 9.34. The molecule has 0 saturated heterocycles. The van der Waals surface area contributed by atoms with Crippen LogP contribution in [0.1, 0.15) is 0 Å². The number of aromatic nitrogens is 4. The third kappa shape index (κ3) is 2.10. The molecule has 0 unspecified atom stereocenters. The van der Waals surface area contributed by atoms with E-state index in [2.05, 4.69) is 20.2 Å². The Bertz CT molecular complexity index is 664. The normalized spacial score (nSPS) is 10.5. The minimum absolute atomic E-state index is 0.459. The van der Waals surface area contributed by atoms with Gasteiger partial charge in [-0.05, 0) is 30.3 Å². The van der Waals surface area contributed by atoms with Gasteiger partial charge in [0.05, 0.1) is 11.4 Å². The standard InChI is InChI=1S/C13H9ClN4/c14-13-7-10(3-6-16-13)12-8-11(17-18-12)9-1-4-15-5-2-9/h1-8H,(H,17,18). The maximum Gasteiger partial charge on any atom is 0.129 e. The van der Waals surface area contributed by atoms with E-state index >= 15 is 0 Å². The molecule has 0 aliphatic heterocycles. The van der Waals surface area contributed by atoms with E-state index in [9.17, 15) is 0 Å². The van der Waals surface area contributed by atoms with Crippen LogP contribution in [-0.4, -0.2) is 20.2 Å². The van der Waals surface area contributed by atoms with Gasteiger partial charge >= 0.3 is 0 Å². The number of hydrogen-bond donors (Lipinski definition) is 1. The number of H-pyrrole nitrogens is 1. The summed E-state index contributed by atoms with van der Waals surface area (Å²) < 4.78 is 0. The topological polar surface area (TPSA) is 54.5 Å². The van der Waals surface area contributed by atoms with Gasteiger partial charge in [0, 0.05) is 29.7 Å². The molecule has 0 bridgehead atoms. The highest BCUT2D eigenvalue weighted by molar-refractivity contribution is 6.29. The molecule has 0 saturated carbocycles. The largest absolute Gasteiger partial charge is 0.277 e. The molecule has 0 amide bonds. The van der Waals surface area contributed by atoms with Crippen LogP contribution in [0.25, 0.3) is 22.5 Å². The van der Waals surface area contributed by atoms with E-state index in [1.807, 2.05) is 24.3 Å². The summed E-state index contributed by atoms with van der Waals surface area (Å²) in [7, 11) is 0. The predicted molar refractivity (Wildman–Crippen MR) is 70.1 cm³/mol. The van der Waals surface area contributed by atoms with Crippen molar-refractivity contribution in [3.8, 4) is 22.5 Å². The van der Waals surface area contributed by atoms with Gasteiger partial charge in [-0.15, -0.1) is 0 Å². The van der Waals surface area contributed by atoms with Crippen LogP contribution in [0.4, 0.5) is 0 Å². The molecule has 1 N–H and O–H groups in total. The van der Waals surface area contributed by atoms with Crippen molar-refractivity contribution >= 4 is 11.6 Å². The Labute approximate surface area is 109 Å². The summed E-state index contributed by atoms with van der Waals surface area (Å²) in [6.45, 7) is 0. The van der Waals surface area contributed by atoms with E-state index in [0.29, 0.717) is 5.15 Å². The summed E-state index contributed by atoms with van der Waals surface area (Å²) in [5, 5.41) is 7.73. The molecule has 0 atom stereocenters. The van der Waals surface area contributed by atoms with Gasteiger partial charge in [0.15, 0.2) is 0 Å². The number of rotatable bonds is 2. The Morgan fingerprint density at radius 3 is 2.50 bits per heavy atom. The highest BCUT2D eigenvalue weighted by Crippen LogP contribution is 2.24. The van der Waals surface area contributed by atoms with Crippen LogP contribution in [0.3, 0.4) is 0 Å². The fourth-order valence-corrected chi connectivity index (χ4v) is 1.88. The summed E-state index contributed by atoms with van der Waals surface area (Å²) in [4.78, 5) is 7.94. The molecular formula is C13H9ClN4. The maximum atomic E-state index is 5.86. The van der Waals surface area contributed by atoms with Crippen LogP contribution in [0.5, 0.6) is 0 Å². The van der Waals surface area contributed by atoms with Crippen molar-refractivity contribution in [3.63, 3.8) is 0 Å². The first-order valence-corrected chi connectivity index (χ1v) is 5.78. The second-order valence-electron chi connectivity index (χ2n) is 3.77. The van der Waals surface area contributed by atoms with Crippen LogP contribution in [-0.2, 0) is 0 Å². The summed E-state index contributed by atoms with van der Waals surface area (Å²) >= 11 is 5.86. The SMILES string of the molecule is Clc1cc(-c2cc(-c3ccncc3)[nH]n2)ccn1. The number of pyridine rings is 2. The van der Waals surface area contributed by atoms with Gasteiger partial charge in [0.25, 0.3) is 0 Å². The number of nitrogens with zero attached hydrogens (tertiary/aromatic N) is 3. The Morgan fingerprint density at radius 1 is 0.944 bits per heavy atom. The van der Waals surface area contributed by atoms with Crippen LogP contribution in [0.15, 0.2) is 48.9 Å². The van der Waals surface area contributed by atoms with Gasteiger partial charge < -0.3 is 0 Å². The lowest BCUT2D eigenvalue weighted by Gasteiger charge is -1.95. The Kier molecular flexibility index (Phi) is 2.78. The molecule has 0 spiro atoms. The van der Waals surface area contributed by atoms with E-state index in [0.717, 1.165) is 22.5 Å². The van der Waals surface area contributed by atoms with Crippen LogP contribution in [0, 0.1) is 0 Å². The molecule has 3 aromatic heterocycles. The number of nitrogens with one attached hydrogen (secondary N) is 1. The van der Waals surface area contributed by atoms with Crippen molar-refractivity contribution in [1.29, 1.82) is 0 Å². The van der Waals surface area contributed by atoms with Gasteiger partial charge in [0.1, 0.15) is 5.15 Å². The summed E-state index contributed by atoms with van der Waals surface area (Å²) in [6, 6.07) is 9.49. The molecule has 0 aromatic carbocycles. The molecule has 5 heteroatoms. The molecule has 4 nitrogen and oxygen atoms in total. The number of hydrogen-bond acceptors (Lipinski definition) is 3. The Balaban J connectivity index is 2.00. The highest BCUT2D eigenvalue weighted by atomic mass is 35.5. The minimum Gasteiger partial charge on any atom is -0.277 e. The summed E-state index contributed by atoms with van der Waals surface area (Å²) in [5.74, 6) is 0. The number of halogens is 1. The van der Waals surface area contributed by atoms with E-state index in [1.54, 1.807) is 24.7 Å². The van der Waals surface area contributed by atoms with Crippen molar-refractivity contribution in [1.82, 2.24) is 20.2 Å². The monoisotopic (exact) mass is 256 g/mol. The maximum absolute atomic E-state index is 5.86. The average molecular weight is 257 g/mol. The van der Waals surface area contributed by atoms with E-state index in [1.165, 1.54) is 0 Å². The lowest BCUT2D eigenvalue weighted by atomic mass is 10.1. The molecular weight excluding hydrogens is 248 g/mol. The smallest absolute Gasteiger partial charge is 0.129 e. The first-order chi connectivity index (χ1) is 8.83. The Hall–Kier alpha value is -2.20.